The molecule has 0 radical (unpaired) electrons. The maximum absolute atomic E-state index is 12.2. The summed E-state index contributed by atoms with van der Waals surface area (Å²) in [5.74, 6) is 1.32. The van der Waals surface area contributed by atoms with Crippen molar-refractivity contribution in [2.24, 2.45) is 0 Å². The van der Waals surface area contributed by atoms with Crippen molar-refractivity contribution in [2.45, 2.75) is 13.5 Å². The second-order valence-corrected chi connectivity index (χ2v) is 6.42. The number of carbonyl (C=O) groups excluding carboxylic acids is 1. The molecule has 0 heterocycles. The zero-order valence-corrected chi connectivity index (χ0v) is 15.7. The molecule has 0 fully saturated rings. The van der Waals surface area contributed by atoms with Gasteiger partial charge in [0.2, 0.25) is 0 Å². The highest BCUT2D eigenvalue weighted by Gasteiger charge is 2.13. The minimum atomic E-state index is -0.0575. The van der Waals surface area contributed by atoms with Gasteiger partial charge in [-0.05, 0) is 42.8 Å². The average Bonchev–Trinajstić information content (AvgIpc) is 2.57. The fourth-order valence-corrected chi connectivity index (χ4v) is 2.73. The molecule has 2 rings (SSSR count). The highest BCUT2D eigenvalue weighted by atomic mass is 35.5. The second-order valence-electron chi connectivity index (χ2n) is 6.01. The molecule has 0 spiro atoms. The largest absolute Gasteiger partial charge is 0.493 e. The number of hydrogen-bond acceptors (Lipinski definition) is 3. The van der Waals surface area contributed by atoms with Gasteiger partial charge in [-0.1, -0.05) is 17.7 Å². The molecule has 0 bridgehead atoms. The topological polar surface area (TPSA) is 52.0 Å². The Labute approximate surface area is 153 Å². The first kappa shape index (κ1) is 19.1. The third-order valence-corrected chi connectivity index (χ3v) is 4.28. The standard InChI is InChI=1S/C19H23ClN2O3/c1-13-5-7-15(10-16(13)20)21-19(23)12-22(2)11-14-6-8-17(24-3)18(9-14)25-4/h5-10H,11-12H2,1-4H3,(H,21,23)/p+1. The van der Waals surface area contributed by atoms with Crippen LogP contribution in [0, 0.1) is 6.92 Å². The molecular formula is C19H24ClN2O3+. The first-order chi connectivity index (χ1) is 11.9. The van der Waals surface area contributed by atoms with E-state index in [-0.39, 0.29) is 5.91 Å². The van der Waals surface area contributed by atoms with Gasteiger partial charge in [0.05, 0.1) is 21.3 Å². The van der Waals surface area contributed by atoms with Crippen LogP contribution >= 0.6 is 11.6 Å². The van der Waals surface area contributed by atoms with Crippen LogP contribution in [0.3, 0.4) is 0 Å². The normalized spacial score (nSPS) is 11.7. The summed E-state index contributed by atoms with van der Waals surface area (Å²) in [6.45, 7) is 2.97. The van der Waals surface area contributed by atoms with Crippen molar-refractivity contribution in [2.75, 3.05) is 33.1 Å². The van der Waals surface area contributed by atoms with Gasteiger partial charge in [-0.3, -0.25) is 4.79 Å². The molecule has 2 N–H and O–H groups in total. The summed E-state index contributed by atoms with van der Waals surface area (Å²) in [6.07, 6.45) is 0. The highest BCUT2D eigenvalue weighted by molar-refractivity contribution is 6.31. The van der Waals surface area contributed by atoms with Crippen molar-refractivity contribution < 1.29 is 19.2 Å². The van der Waals surface area contributed by atoms with Crippen LogP contribution in [0.1, 0.15) is 11.1 Å². The monoisotopic (exact) mass is 363 g/mol. The van der Waals surface area contributed by atoms with Crippen molar-refractivity contribution in [1.82, 2.24) is 0 Å². The Morgan fingerprint density at radius 3 is 2.48 bits per heavy atom. The van der Waals surface area contributed by atoms with E-state index in [1.165, 1.54) is 0 Å². The number of carbonyl (C=O) groups is 1. The van der Waals surface area contributed by atoms with E-state index in [0.29, 0.717) is 35.3 Å². The average molecular weight is 364 g/mol. The van der Waals surface area contributed by atoms with Crippen molar-refractivity contribution in [3.63, 3.8) is 0 Å². The third-order valence-electron chi connectivity index (χ3n) is 3.87. The molecule has 0 aliphatic heterocycles. The first-order valence-electron chi connectivity index (χ1n) is 8.01. The van der Waals surface area contributed by atoms with Crippen LogP contribution < -0.4 is 19.7 Å². The number of methoxy groups -OCH3 is 2. The van der Waals surface area contributed by atoms with Gasteiger partial charge in [-0.25, -0.2) is 0 Å². The lowest BCUT2D eigenvalue weighted by molar-refractivity contribution is -0.885. The van der Waals surface area contributed by atoms with E-state index in [4.69, 9.17) is 21.1 Å². The lowest BCUT2D eigenvalue weighted by Crippen LogP contribution is -3.08. The lowest BCUT2D eigenvalue weighted by atomic mass is 10.2. The molecule has 0 saturated heterocycles. The van der Waals surface area contributed by atoms with Crippen molar-refractivity contribution >= 4 is 23.2 Å². The number of nitrogens with one attached hydrogen (secondary N) is 2. The third kappa shape index (κ3) is 5.37. The Hall–Kier alpha value is -2.24. The number of ether oxygens (including phenoxy) is 2. The van der Waals surface area contributed by atoms with Crippen molar-refractivity contribution in [3.05, 3.63) is 52.5 Å². The van der Waals surface area contributed by atoms with Crippen LogP contribution in [0.15, 0.2) is 36.4 Å². The maximum Gasteiger partial charge on any atom is 0.279 e. The fraction of sp³-hybridized carbons (Fsp3) is 0.316. The SMILES string of the molecule is COc1ccc(C[NH+](C)CC(=O)Nc2ccc(C)c(Cl)c2)cc1OC. The van der Waals surface area contributed by atoms with Crippen LogP contribution in [-0.2, 0) is 11.3 Å². The molecule has 0 saturated carbocycles. The summed E-state index contributed by atoms with van der Waals surface area (Å²) in [7, 11) is 5.19. The predicted octanol–water partition coefficient (Wildman–Crippen LogP) is 2.32. The van der Waals surface area contributed by atoms with E-state index >= 15 is 0 Å². The van der Waals surface area contributed by atoms with E-state index < -0.39 is 0 Å². The van der Waals surface area contributed by atoms with Crippen LogP contribution in [0.25, 0.3) is 0 Å². The number of hydrogen-bond donors (Lipinski definition) is 2. The summed E-state index contributed by atoms with van der Waals surface area (Å²) in [4.78, 5) is 13.3. The molecule has 2 aromatic carbocycles. The zero-order chi connectivity index (χ0) is 18.4. The molecule has 0 aliphatic rings. The number of anilines is 1. The molecule has 0 aromatic heterocycles. The zero-order valence-electron chi connectivity index (χ0n) is 15.0. The van der Waals surface area contributed by atoms with E-state index in [9.17, 15) is 4.79 Å². The molecule has 2 aromatic rings. The summed E-state index contributed by atoms with van der Waals surface area (Å²) in [5, 5.41) is 3.52. The Bertz CT molecular complexity index is 749. The van der Waals surface area contributed by atoms with Crippen LogP contribution in [-0.4, -0.2) is 33.7 Å². The fourth-order valence-electron chi connectivity index (χ4n) is 2.55. The Kier molecular flexibility index (Phi) is 6.67. The maximum atomic E-state index is 12.2. The number of rotatable bonds is 7. The minimum absolute atomic E-state index is 0.0575. The predicted molar refractivity (Wildman–Crippen MR) is 99.8 cm³/mol. The molecule has 6 heteroatoms. The smallest absolute Gasteiger partial charge is 0.279 e. The summed E-state index contributed by atoms with van der Waals surface area (Å²) in [6, 6.07) is 11.3. The number of halogens is 1. The summed E-state index contributed by atoms with van der Waals surface area (Å²) < 4.78 is 10.6. The number of aryl methyl sites for hydroxylation is 1. The van der Waals surface area contributed by atoms with Crippen LogP contribution in [0.5, 0.6) is 11.5 Å². The minimum Gasteiger partial charge on any atom is -0.493 e. The van der Waals surface area contributed by atoms with Gasteiger partial charge in [0.25, 0.3) is 5.91 Å². The molecule has 1 atom stereocenters. The van der Waals surface area contributed by atoms with Crippen LogP contribution in [0.4, 0.5) is 5.69 Å². The lowest BCUT2D eigenvalue weighted by Gasteiger charge is -2.15. The molecule has 134 valence electrons. The van der Waals surface area contributed by atoms with Crippen LogP contribution in [0.2, 0.25) is 5.02 Å². The summed E-state index contributed by atoms with van der Waals surface area (Å²) >= 11 is 6.09. The number of amides is 1. The van der Waals surface area contributed by atoms with Gasteiger partial charge in [-0.15, -0.1) is 0 Å². The Balaban J connectivity index is 1.94. The number of benzene rings is 2. The Morgan fingerprint density at radius 1 is 1.12 bits per heavy atom. The summed E-state index contributed by atoms with van der Waals surface area (Å²) in [5.41, 5.74) is 2.76. The molecule has 1 unspecified atom stereocenters. The van der Waals surface area contributed by atoms with Crippen molar-refractivity contribution in [1.29, 1.82) is 0 Å². The molecule has 1 amide bonds. The molecule has 0 aliphatic carbocycles. The molecule has 25 heavy (non-hydrogen) atoms. The van der Waals surface area contributed by atoms with Gasteiger partial charge in [0.15, 0.2) is 18.0 Å². The van der Waals surface area contributed by atoms with E-state index in [1.54, 1.807) is 20.3 Å². The Morgan fingerprint density at radius 2 is 1.84 bits per heavy atom. The first-order valence-corrected chi connectivity index (χ1v) is 8.39. The van der Waals surface area contributed by atoms with Gasteiger partial charge >= 0.3 is 0 Å². The number of quaternary nitrogens is 1. The molecule has 5 nitrogen and oxygen atoms in total. The highest BCUT2D eigenvalue weighted by Crippen LogP contribution is 2.27. The molecular weight excluding hydrogens is 340 g/mol. The van der Waals surface area contributed by atoms with Gasteiger partial charge in [0.1, 0.15) is 6.54 Å². The van der Waals surface area contributed by atoms with Gasteiger partial charge in [0, 0.05) is 16.3 Å². The van der Waals surface area contributed by atoms with Crippen molar-refractivity contribution in [3.8, 4) is 11.5 Å². The quantitative estimate of drug-likeness (QED) is 0.793. The van der Waals surface area contributed by atoms with E-state index in [2.05, 4.69) is 5.32 Å². The van der Waals surface area contributed by atoms with E-state index in [0.717, 1.165) is 16.0 Å². The van der Waals surface area contributed by atoms with Gasteiger partial charge < -0.3 is 19.7 Å². The number of likely N-dealkylation sites (N-methyl/N-ethyl adjacent to an activating group) is 1. The van der Waals surface area contributed by atoms with Gasteiger partial charge in [-0.2, -0.15) is 0 Å². The second kappa shape index (κ2) is 8.74. The van der Waals surface area contributed by atoms with E-state index in [1.807, 2.05) is 44.3 Å².